The van der Waals surface area contributed by atoms with Gasteiger partial charge in [0.25, 0.3) is 5.91 Å². The number of H-pyrrole nitrogens is 1. The summed E-state index contributed by atoms with van der Waals surface area (Å²) in [5, 5.41) is 0. The third-order valence-corrected chi connectivity index (χ3v) is 4.10. The lowest BCUT2D eigenvalue weighted by Gasteiger charge is -2.24. The summed E-state index contributed by atoms with van der Waals surface area (Å²) in [4.78, 5) is 24.4. The minimum absolute atomic E-state index is 0.0122. The highest BCUT2D eigenvalue weighted by Gasteiger charge is 2.28. The first-order chi connectivity index (χ1) is 10.6. The molecule has 1 aliphatic rings. The molecule has 0 aliphatic carbocycles. The van der Waals surface area contributed by atoms with E-state index in [1.165, 1.54) is 0 Å². The number of carbonyl (C=O) groups is 1. The Morgan fingerprint density at radius 1 is 1.32 bits per heavy atom. The Morgan fingerprint density at radius 2 is 2.05 bits per heavy atom. The van der Waals surface area contributed by atoms with Gasteiger partial charge in [-0.3, -0.25) is 4.79 Å². The highest BCUT2D eigenvalue weighted by molar-refractivity contribution is 6.06. The van der Waals surface area contributed by atoms with E-state index < -0.39 is 0 Å². The summed E-state index contributed by atoms with van der Waals surface area (Å²) in [5.74, 6) is 1.23. The van der Waals surface area contributed by atoms with Crippen molar-refractivity contribution in [1.82, 2.24) is 9.97 Å². The van der Waals surface area contributed by atoms with Crippen LogP contribution in [-0.2, 0) is 6.42 Å². The van der Waals surface area contributed by atoms with Gasteiger partial charge in [-0.05, 0) is 18.1 Å². The number of imidazole rings is 1. The molecular formula is C17H22N4O. The zero-order chi connectivity index (χ0) is 15.7. The fourth-order valence-corrected chi connectivity index (χ4v) is 3.04. The average Bonchev–Trinajstić information content (AvgIpc) is 2.96. The van der Waals surface area contributed by atoms with Crippen molar-refractivity contribution >= 4 is 17.3 Å². The van der Waals surface area contributed by atoms with Crippen LogP contribution in [0.25, 0.3) is 0 Å². The van der Waals surface area contributed by atoms with Gasteiger partial charge in [0.1, 0.15) is 11.5 Å². The molecule has 1 unspecified atom stereocenters. The number of amides is 1. The van der Waals surface area contributed by atoms with Gasteiger partial charge in [-0.25, -0.2) is 4.98 Å². The predicted octanol–water partition coefficient (Wildman–Crippen LogP) is 2.70. The number of aromatic amines is 1. The number of hydrogen-bond acceptors (Lipinski definition) is 3. The second-order valence-electron chi connectivity index (χ2n) is 5.99. The van der Waals surface area contributed by atoms with Crippen molar-refractivity contribution in [3.05, 3.63) is 42.0 Å². The average molecular weight is 298 g/mol. The van der Waals surface area contributed by atoms with Gasteiger partial charge in [0.15, 0.2) is 0 Å². The zero-order valence-electron chi connectivity index (χ0n) is 13.3. The second-order valence-corrected chi connectivity index (χ2v) is 5.99. The summed E-state index contributed by atoms with van der Waals surface area (Å²) >= 11 is 0. The number of fused-ring (bicyclic) bond motifs is 1. The molecule has 1 atom stereocenters. The van der Waals surface area contributed by atoms with Gasteiger partial charge >= 0.3 is 0 Å². The monoisotopic (exact) mass is 298 g/mol. The van der Waals surface area contributed by atoms with Gasteiger partial charge in [0.2, 0.25) is 0 Å². The molecule has 0 saturated carbocycles. The number of aryl methyl sites for hydroxylation is 1. The van der Waals surface area contributed by atoms with E-state index >= 15 is 0 Å². The molecule has 0 saturated heterocycles. The van der Waals surface area contributed by atoms with Crippen molar-refractivity contribution in [1.29, 1.82) is 0 Å². The lowest BCUT2D eigenvalue weighted by Crippen LogP contribution is -2.35. The van der Waals surface area contributed by atoms with Crippen LogP contribution < -0.4 is 9.80 Å². The van der Waals surface area contributed by atoms with E-state index in [9.17, 15) is 4.79 Å². The van der Waals surface area contributed by atoms with Gasteiger partial charge in [-0.15, -0.1) is 0 Å². The van der Waals surface area contributed by atoms with Crippen LogP contribution in [-0.4, -0.2) is 36.0 Å². The first-order valence-corrected chi connectivity index (χ1v) is 7.76. The van der Waals surface area contributed by atoms with Crippen LogP contribution in [0.1, 0.15) is 30.2 Å². The Morgan fingerprint density at radius 3 is 2.73 bits per heavy atom. The van der Waals surface area contributed by atoms with Crippen LogP contribution in [0.3, 0.4) is 0 Å². The Hall–Kier alpha value is -2.30. The number of anilines is 2. The Balaban J connectivity index is 2.00. The summed E-state index contributed by atoms with van der Waals surface area (Å²) in [6.45, 7) is 5.84. The summed E-state index contributed by atoms with van der Waals surface area (Å²) in [6.07, 6.45) is 2.44. The van der Waals surface area contributed by atoms with Crippen LogP contribution in [0.15, 0.2) is 30.5 Å². The molecular weight excluding hydrogens is 276 g/mol. The maximum absolute atomic E-state index is 12.9. The molecule has 1 N–H and O–H groups in total. The van der Waals surface area contributed by atoms with Crippen molar-refractivity contribution in [2.45, 2.75) is 20.3 Å². The van der Waals surface area contributed by atoms with Crippen molar-refractivity contribution in [3.63, 3.8) is 0 Å². The molecule has 0 fully saturated rings. The molecule has 116 valence electrons. The quantitative estimate of drug-likeness (QED) is 0.927. The van der Waals surface area contributed by atoms with E-state index in [1.54, 1.807) is 6.20 Å². The van der Waals surface area contributed by atoms with Crippen LogP contribution in [0.4, 0.5) is 11.4 Å². The molecule has 22 heavy (non-hydrogen) atoms. The lowest BCUT2D eigenvalue weighted by molar-refractivity contribution is 0.0980. The highest BCUT2D eigenvalue weighted by atomic mass is 16.2. The largest absolute Gasteiger partial charge is 0.373 e. The smallest absolute Gasteiger partial charge is 0.276 e. The minimum atomic E-state index is -0.0122. The number of nitrogens with zero attached hydrogens (tertiary/aromatic N) is 3. The van der Waals surface area contributed by atoms with Gasteiger partial charge in [-0.2, -0.15) is 0 Å². The fraction of sp³-hybridized carbons (Fsp3) is 0.412. The summed E-state index contributed by atoms with van der Waals surface area (Å²) in [6, 6.07) is 8.07. The standard InChI is InChI=1S/C17H22N4O/c1-4-16-18-9-13(19-16)17(22)21-11-12(2)10-20(3)14-7-5-6-8-15(14)21/h5-9,12H,4,10-11H2,1-3H3,(H,18,19). The molecule has 5 nitrogen and oxygen atoms in total. The third kappa shape index (κ3) is 2.58. The summed E-state index contributed by atoms with van der Waals surface area (Å²) in [7, 11) is 2.08. The van der Waals surface area contributed by atoms with Crippen LogP contribution in [0.5, 0.6) is 0 Å². The van der Waals surface area contributed by atoms with Crippen LogP contribution in [0.2, 0.25) is 0 Å². The number of aromatic nitrogens is 2. The Bertz CT molecular complexity index is 679. The molecule has 3 rings (SSSR count). The zero-order valence-corrected chi connectivity index (χ0v) is 13.3. The first kappa shape index (κ1) is 14.6. The summed E-state index contributed by atoms with van der Waals surface area (Å²) in [5.41, 5.74) is 2.62. The molecule has 2 heterocycles. The van der Waals surface area contributed by atoms with Crippen molar-refractivity contribution < 1.29 is 4.79 Å². The van der Waals surface area contributed by atoms with Gasteiger partial charge < -0.3 is 14.8 Å². The lowest BCUT2D eigenvalue weighted by atomic mass is 10.1. The van der Waals surface area contributed by atoms with E-state index in [0.29, 0.717) is 18.2 Å². The third-order valence-electron chi connectivity index (χ3n) is 4.10. The molecule has 1 amide bonds. The number of para-hydroxylation sites is 2. The Kier molecular flexibility index (Phi) is 3.88. The van der Waals surface area contributed by atoms with E-state index in [-0.39, 0.29) is 5.91 Å². The number of carbonyl (C=O) groups excluding carboxylic acids is 1. The number of nitrogens with one attached hydrogen (secondary N) is 1. The topological polar surface area (TPSA) is 52.2 Å². The van der Waals surface area contributed by atoms with E-state index in [4.69, 9.17) is 0 Å². The fourth-order valence-electron chi connectivity index (χ4n) is 3.04. The summed E-state index contributed by atoms with van der Waals surface area (Å²) < 4.78 is 0. The van der Waals surface area contributed by atoms with Crippen molar-refractivity contribution in [3.8, 4) is 0 Å². The van der Waals surface area contributed by atoms with E-state index in [0.717, 1.165) is 30.2 Å². The molecule has 2 aromatic rings. The number of rotatable bonds is 2. The molecule has 1 aromatic heterocycles. The van der Waals surface area contributed by atoms with Crippen molar-refractivity contribution in [2.24, 2.45) is 5.92 Å². The van der Waals surface area contributed by atoms with Crippen LogP contribution >= 0.6 is 0 Å². The Labute approximate surface area is 131 Å². The van der Waals surface area contributed by atoms with Gasteiger partial charge in [-0.1, -0.05) is 26.0 Å². The van der Waals surface area contributed by atoms with Crippen LogP contribution in [0, 0.1) is 5.92 Å². The number of benzene rings is 1. The molecule has 1 aliphatic heterocycles. The second kappa shape index (κ2) is 5.83. The molecule has 0 bridgehead atoms. The minimum Gasteiger partial charge on any atom is -0.373 e. The molecule has 0 spiro atoms. The molecule has 1 aromatic carbocycles. The normalized spacial score (nSPS) is 18.0. The maximum Gasteiger partial charge on any atom is 0.276 e. The highest BCUT2D eigenvalue weighted by Crippen LogP contribution is 2.33. The van der Waals surface area contributed by atoms with E-state index in [2.05, 4.69) is 34.9 Å². The predicted molar refractivity (Wildman–Crippen MR) is 88.5 cm³/mol. The van der Waals surface area contributed by atoms with Gasteiger partial charge in [0.05, 0.1) is 17.6 Å². The van der Waals surface area contributed by atoms with E-state index in [1.807, 2.05) is 30.0 Å². The molecule has 5 heteroatoms. The first-order valence-electron chi connectivity index (χ1n) is 7.76. The number of hydrogen-bond donors (Lipinski definition) is 1. The van der Waals surface area contributed by atoms with Gasteiger partial charge in [0, 0.05) is 26.6 Å². The SMILES string of the molecule is CCc1ncc(C(=O)N2CC(C)CN(C)c3ccccc32)[nH]1. The molecule has 0 radical (unpaired) electrons. The maximum atomic E-state index is 12.9. The van der Waals surface area contributed by atoms with Crippen molar-refractivity contribution in [2.75, 3.05) is 29.9 Å².